The van der Waals surface area contributed by atoms with E-state index in [2.05, 4.69) is 26.1 Å². The number of carbonyl (C=O) groups excluding carboxylic acids is 2. The van der Waals surface area contributed by atoms with Crippen molar-refractivity contribution in [3.8, 4) is 0 Å². The number of hydrogen-bond donors (Lipinski definition) is 1. The van der Waals surface area contributed by atoms with Gasteiger partial charge in [-0.05, 0) is 30.6 Å². The average Bonchev–Trinajstić information content (AvgIpc) is 2.67. The van der Waals surface area contributed by atoms with E-state index in [0.29, 0.717) is 5.92 Å². The monoisotopic (exact) mass is 295 g/mol. The summed E-state index contributed by atoms with van der Waals surface area (Å²) in [6.07, 6.45) is 3.31. The van der Waals surface area contributed by atoms with Crippen molar-refractivity contribution in [1.29, 1.82) is 0 Å². The van der Waals surface area contributed by atoms with Crippen LogP contribution in [0.3, 0.4) is 0 Å². The Morgan fingerprint density at radius 3 is 2.29 bits per heavy atom. The molecule has 3 atom stereocenters. The zero-order chi connectivity index (χ0) is 16.1. The summed E-state index contributed by atoms with van der Waals surface area (Å²) in [5.74, 6) is 0.200. The third-order valence-corrected chi connectivity index (χ3v) is 6.06. The molecule has 2 saturated carbocycles. The standard InChI is InChI=1S/C17H29NO3/c1-15(2,3)14(20)18-10-13(19)21-12-9-11-7-8-17(12,6)16(11,4)5/h11-12H,7-10H2,1-6H3,(H,18,20). The number of fused-ring (bicyclic) bond motifs is 2. The lowest BCUT2D eigenvalue weighted by atomic mass is 9.70. The van der Waals surface area contributed by atoms with Gasteiger partial charge in [0.2, 0.25) is 5.91 Å². The fourth-order valence-corrected chi connectivity index (χ4v) is 3.93. The van der Waals surface area contributed by atoms with Crippen LogP contribution in [0.1, 0.15) is 60.8 Å². The molecule has 3 unspecified atom stereocenters. The molecule has 1 amide bonds. The molecule has 2 aliphatic carbocycles. The van der Waals surface area contributed by atoms with Gasteiger partial charge in [-0.25, -0.2) is 0 Å². The molecule has 0 aliphatic heterocycles. The molecule has 0 aromatic carbocycles. The molecule has 0 aromatic rings. The van der Waals surface area contributed by atoms with Gasteiger partial charge in [-0.2, -0.15) is 0 Å². The number of amides is 1. The molecule has 2 bridgehead atoms. The molecule has 4 heteroatoms. The predicted molar refractivity (Wildman–Crippen MR) is 81.6 cm³/mol. The van der Waals surface area contributed by atoms with Crippen LogP contribution in [0, 0.1) is 22.2 Å². The fraction of sp³-hybridized carbons (Fsp3) is 0.882. The van der Waals surface area contributed by atoms with E-state index in [-0.39, 0.29) is 35.4 Å². The van der Waals surface area contributed by atoms with Gasteiger partial charge in [0.1, 0.15) is 12.6 Å². The van der Waals surface area contributed by atoms with Gasteiger partial charge in [-0.3, -0.25) is 9.59 Å². The average molecular weight is 295 g/mol. The first kappa shape index (κ1) is 16.3. The topological polar surface area (TPSA) is 55.4 Å². The molecule has 0 spiro atoms. The highest BCUT2D eigenvalue weighted by Crippen LogP contribution is 2.66. The Labute approximate surface area is 128 Å². The maximum atomic E-state index is 12.0. The van der Waals surface area contributed by atoms with Crippen LogP contribution >= 0.6 is 0 Å². The molecule has 1 N–H and O–H groups in total. The summed E-state index contributed by atoms with van der Waals surface area (Å²) in [7, 11) is 0. The third-order valence-electron chi connectivity index (χ3n) is 6.06. The van der Waals surface area contributed by atoms with Crippen LogP contribution in [-0.4, -0.2) is 24.5 Å². The Morgan fingerprint density at radius 2 is 1.86 bits per heavy atom. The Kier molecular flexibility index (Phi) is 3.88. The van der Waals surface area contributed by atoms with Crippen molar-refractivity contribution in [2.24, 2.45) is 22.2 Å². The molecule has 0 radical (unpaired) electrons. The number of ether oxygens (including phenoxy) is 1. The number of carbonyl (C=O) groups is 2. The summed E-state index contributed by atoms with van der Waals surface area (Å²) >= 11 is 0. The van der Waals surface area contributed by atoms with Crippen molar-refractivity contribution in [3.05, 3.63) is 0 Å². The Balaban J connectivity index is 1.89. The van der Waals surface area contributed by atoms with E-state index in [1.54, 1.807) is 0 Å². The lowest BCUT2D eigenvalue weighted by Crippen LogP contribution is -2.42. The molecular weight excluding hydrogens is 266 g/mol. The first-order valence-corrected chi connectivity index (χ1v) is 7.96. The van der Waals surface area contributed by atoms with Crippen molar-refractivity contribution in [2.45, 2.75) is 66.9 Å². The highest BCUT2D eigenvalue weighted by molar-refractivity contribution is 5.85. The molecule has 4 nitrogen and oxygen atoms in total. The van der Waals surface area contributed by atoms with Crippen LogP contribution in [0.25, 0.3) is 0 Å². The van der Waals surface area contributed by atoms with Crippen molar-refractivity contribution in [1.82, 2.24) is 5.32 Å². The molecule has 2 aliphatic rings. The molecule has 2 rings (SSSR count). The maximum absolute atomic E-state index is 12.0. The summed E-state index contributed by atoms with van der Waals surface area (Å²) < 4.78 is 5.69. The van der Waals surface area contributed by atoms with Crippen LogP contribution in [0.4, 0.5) is 0 Å². The van der Waals surface area contributed by atoms with Crippen molar-refractivity contribution in [2.75, 3.05) is 6.54 Å². The van der Waals surface area contributed by atoms with E-state index in [4.69, 9.17) is 4.74 Å². The summed E-state index contributed by atoms with van der Waals surface area (Å²) in [5.41, 5.74) is -0.186. The molecule has 120 valence electrons. The van der Waals surface area contributed by atoms with Crippen molar-refractivity contribution in [3.63, 3.8) is 0 Å². The van der Waals surface area contributed by atoms with Gasteiger partial charge in [-0.1, -0.05) is 41.5 Å². The molecule has 0 aromatic heterocycles. The van der Waals surface area contributed by atoms with Crippen LogP contribution in [0.15, 0.2) is 0 Å². The van der Waals surface area contributed by atoms with Crippen LogP contribution < -0.4 is 5.32 Å². The van der Waals surface area contributed by atoms with Crippen LogP contribution in [0.5, 0.6) is 0 Å². The fourth-order valence-electron chi connectivity index (χ4n) is 3.93. The van der Waals surface area contributed by atoms with Crippen LogP contribution in [-0.2, 0) is 14.3 Å². The number of nitrogens with one attached hydrogen (secondary N) is 1. The summed E-state index contributed by atoms with van der Waals surface area (Å²) in [4.78, 5) is 23.8. The third kappa shape index (κ3) is 2.69. The minimum Gasteiger partial charge on any atom is -0.460 e. The first-order chi connectivity index (χ1) is 9.48. The highest BCUT2D eigenvalue weighted by atomic mass is 16.5. The molecular formula is C17H29NO3. The Bertz CT molecular complexity index is 449. The second-order valence-corrected chi connectivity index (χ2v) is 8.52. The lowest BCUT2D eigenvalue weighted by molar-refractivity contribution is -0.156. The van der Waals surface area contributed by atoms with E-state index < -0.39 is 5.41 Å². The van der Waals surface area contributed by atoms with Crippen molar-refractivity contribution >= 4 is 11.9 Å². The van der Waals surface area contributed by atoms with Gasteiger partial charge in [0.05, 0.1) is 0 Å². The lowest BCUT2D eigenvalue weighted by Gasteiger charge is -2.38. The predicted octanol–water partition coefficient (Wildman–Crippen LogP) is 2.91. The van der Waals surface area contributed by atoms with Crippen molar-refractivity contribution < 1.29 is 14.3 Å². The van der Waals surface area contributed by atoms with Gasteiger partial charge >= 0.3 is 5.97 Å². The zero-order valence-electron chi connectivity index (χ0n) is 14.2. The largest absolute Gasteiger partial charge is 0.460 e. The molecule has 21 heavy (non-hydrogen) atoms. The van der Waals surface area contributed by atoms with E-state index in [1.165, 1.54) is 6.42 Å². The van der Waals surface area contributed by atoms with Gasteiger partial charge in [-0.15, -0.1) is 0 Å². The van der Waals surface area contributed by atoms with Gasteiger partial charge in [0.15, 0.2) is 0 Å². The number of esters is 1. The normalized spacial score (nSPS) is 33.8. The second-order valence-electron chi connectivity index (χ2n) is 8.52. The zero-order valence-corrected chi connectivity index (χ0v) is 14.2. The minimum atomic E-state index is -0.485. The van der Waals surface area contributed by atoms with Gasteiger partial charge in [0.25, 0.3) is 0 Å². The van der Waals surface area contributed by atoms with Gasteiger partial charge in [0, 0.05) is 10.8 Å². The first-order valence-electron chi connectivity index (χ1n) is 7.96. The number of rotatable bonds is 3. The summed E-state index contributed by atoms with van der Waals surface area (Å²) in [6.45, 7) is 12.3. The van der Waals surface area contributed by atoms with E-state index in [0.717, 1.165) is 12.8 Å². The molecule has 0 saturated heterocycles. The highest BCUT2D eigenvalue weighted by Gasteiger charge is 2.62. The summed E-state index contributed by atoms with van der Waals surface area (Å²) in [5, 5.41) is 2.66. The summed E-state index contributed by atoms with van der Waals surface area (Å²) in [6, 6.07) is 0. The van der Waals surface area contributed by atoms with E-state index in [9.17, 15) is 9.59 Å². The Morgan fingerprint density at radius 1 is 1.24 bits per heavy atom. The molecule has 0 heterocycles. The smallest absolute Gasteiger partial charge is 0.325 e. The van der Waals surface area contributed by atoms with Gasteiger partial charge < -0.3 is 10.1 Å². The SMILES string of the molecule is CC(C)(C)C(=O)NCC(=O)OC1CC2CCC1(C)C2(C)C. The van der Waals surface area contributed by atoms with Crippen LogP contribution in [0.2, 0.25) is 0 Å². The molecule has 2 fully saturated rings. The van der Waals surface area contributed by atoms with E-state index in [1.807, 2.05) is 20.8 Å². The second kappa shape index (κ2) is 4.99. The Hall–Kier alpha value is -1.06. The minimum absolute atomic E-state index is 0.00899. The number of hydrogen-bond acceptors (Lipinski definition) is 3. The van der Waals surface area contributed by atoms with E-state index >= 15 is 0 Å². The maximum Gasteiger partial charge on any atom is 0.325 e. The quantitative estimate of drug-likeness (QED) is 0.815.